The number of ether oxygens (including phenoxy) is 1. The standard InChI is InChI=1S/C32H33N7O6S2/c33-20-26-28(22-10-4-1-5-11-22)35-32(46-21-27(40)34-23-12-6-2-7-13-23)36-29(26)38-18-16-24(17-19-38)44-30-31(39(41)45-37-30)47(42,43)25-14-8-3-9-15-25/h1,3-5,8-11,14-15,23-24H,2,6-7,12-13,16-19,21H2,(H,34,40). The van der Waals surface area contributed by atoms with Gasteiger partial charge < -0.3 is 20.2 Å². The Kier molecular flexibility index (Phi) is 9.88. The van der Waals surface area contributed by atoms with Gasteiger partial charge in [0, 0.05) is 37.5 Å². The topological polar surface area (TPSA) is 178 Å². The molecule has 3 heterocycles. The minimum Gasteiger partial charge on any atom is -0.451 e. The van der Waals surface area contributed by atoms with Crippen molar-refractivity contribution in [3.05, 3.63) is 71.4 Å². The van der Waals surface area contributed by atoms with Gasteiger partial charge >= 0.3 is 10.9 Å². The van der Waals surface area contributed by atoms with Crippen molar-refractivity contribution in [3.8, 4) is 23.2 Å². The molecule has 2 aliphatic rings. The summed E-state index contributed by atoms with van der Waals surface area (Å²) in [6.45, 7) is 0.819. The number of benzene rings is 2. The Morgan fingerprint density at radius 2 is 1.72 bits per heavy atom. The summed E-state index contributed by atoms with van der Waals surface area (Å²) < 4.78 is 36.9. The summed E-state index contributed by atoms with van der Waals surface area (Å²) >= 11 is 1.23. The van der Waals surface area contributed by atoms with E-state index in [1.165, 1.54) is 30.3 Å². The number of nitriles is 1. The number of hydrogen-bond acceptors (Lipinski definition) is 12. The molecule has 2 aromatic heterocycles. The number of nitrogens with zero attached hydrogens (tertiary/aromatic N) is 6. The SMILES string of the molecule is N#Cc1c(-c2ccccc2)nc(SCC(=O)NC2CCCCC2)nc1N1CCC(Oc2no[n+]([O-])c2S(=O)(=O)c2ccccc2)CC1. The summed E-state index contributed by atoms with van der Waals surface area (Å²) in [6.07, 6.45) is 5.76. The van der Waals surface area contributed by atoms with E-state index >= 15 is 0 Å². The Balaban J connectivity index is 1.19. The van der Waals surface area contributed by atoms with Gasteiger partial charge in [-0.2, -0.15) is 5.26 Å². The van der Waals surface area contributed by atoms with Crippen LogP contribution in [0.5, 0.6) is 5.88 Å². The molecule has 1 saturated heterocycles. The van der Waals surface area contributed by atoms with Crippen molar-refractivity contribution in [1.82, 2.24) is 20.4 Å². The van der Waals surface area contributed by atoms with E-state index in [1.54, 1.807) is 18.2 Å². The average molecular weight is 676 g/mol. The molecule has 0 unspecified atom stereocenters. The number of rotatable bonds is 10. The molecule has 1 amide bonds. The highest BCUT2D eigenvalue weighted by Gasteiger charge is 2.38. The van der Waals surface area contributed by atoms with Gasteiger partial charge in [-0.25, -0.2) is 18.4 Å². The summed E-state index contributed by atoms with van der Waals surface area (Å²) in [5.41, 5.74) is 1.54. The molecule has 47 heavy (non-hydrogen) atoms. The Bertz CT molecular complexity index is 1850. The molecule has 1 N–H and O–H groups in total. The number of hydrogen-bond donors (Lipinski definition) is 1. The Morgan fingerprint density at radius 1 is 1.04 bits per heavy atom. The molecular formula is C32H33N7O6S2. The van der Waals surface area contributed by atoms with Gasteiger partial charge in [-0.1, -0.05) is 79.6 Å². The summed E-state index contributed by atoms with van der Waals surface area (Å²) in [7, 11) is -4.25. The molecule has 15 heteroatoms. The van der Waals surface area contributed by atoms with E-state index < -0.39 is 26.8 Å². The van der Waals surface area contributed by atoms with E-state index in [9.17, 15) is 23.7 Å². The summed E-state index contributed by atoms with van der Waals surface area (Å²) in [5.74, 6) is 0.119. The second-order valence-electron chi connectivity index (χ2n) is 11.4. The van der Waals surface area contributed by atoms with Crippen LogP contribution in [-0.2, 0) is 14.6 Å². The second-order valence-corrected chi connectivity index (χ2v) is 14.2. The van der Waals surface area contributed by atoms with Gasteiger partial charge in [-0.15, -0.1) is 0 Å². The fourth-order valence-electron chi connectivity index (χ4n) is 5.84. The molecule has 6 rings (SSSR count). The lowest BCUT2D eigenvalue weighted by atomic mass is 9.95. The molecule has 4 aromatic rings. The highest BCUT2D eigenvalue weighted by atomic mass is 32.2. The van der Waals surface area contributed by atoms with Crippen LogP contribution < -0.4 is 19.9 Å². The molecule has 0 radical (unpaired) electrons. The number of anilines is 1. The molecule has 0 bridgehead atoms. The van der Waals surface area contributed by atoms with Crippen molar-refractivity contribution in [2.24, 2.45) is 0 Å². The summed E-state index contributed by atoms with van der Waals surface area (Å²) in [5, 5.41) is 29.0. The molecule has 2 aromatic carbocycles. The zero-order valence-electron chi connectivity index (χ0n) is 25.4. The van der Waals surface area contributed by atoms with Gasteiger partial charge in [0.2, 0.25) is 5.91 Å². The van der Waals surface area contributed by atoms with Crippen LogP contribution in [0.1, 0.15) is 50.5 Å². The van der Waals surface area contributed by atoms with Gasteiger partial charge in [-0.05, 0) is 29.9 Å². The molecular weight excluding hydrogens is 643 g/mol. The fraction of sp³-hybridized carbons (Fsp3) is 0.375. The molecule has 244 valence electrons. The quantitative estimate of drug-likeness (QED) is 0.145. The third kappa shape index (κ3) is 7.34. The largest absolute Gasteiger partial charge is 0.451 e. The maximum absolute atomic E-state index is 13.2. The normalized spacial score (nSPS) is 16.0. The lowest BCUT2D eigenvalue weighted by Crippen LogP contribution is -2.40. The van der Waals surface area contributed by atoms with Crippen LogP contribution in [0.25, 0.3) is 11.3 Å². The van der Waals surface area contributed by atoms with Crippen LogP contribution >= 0.6 is 11.8 Å². The predicted octanol–water partition coefficient (Wildman–Crippen LogP) is 4.06. The average Bonchev–Trinajstić information content (AvgIpc) is 3.48. The van der Waals surface area contributed by atoms with Gasteiger partial charge in [0.05, 0.1) is 21.5 Å². The third-order valence-corrected chi connectivity index (χ3v) is 10.8. The molecule has 1 saturated carbocycles. The molecule has 1 aliphatic carbocycles. The molecule has 0 spiro atoms. The number of aromatic nitrogens is 4. The zero-order chi connectivity index (χ0) is 32.8. The number of carbonyl (C=O) groups excluding carboxylic acids is 1. The van der Waals surface area contributed by atoms with Crippen molar-refractivity contribution in [1.29, 1.82) is 5.26 Å². The van der Waals surface area contributed by atoms with Crippen LogP contribution in [0.15, 0.2) is 80.4 Å². The first kappa shape index (κ1) is 32.3. The zero-order valence-corrected chi connectivity index (χ0v) is 27.1. The van der Waals surface area contributed by atoms with Gasteiger partial charge in [0.15, 0.2) is 11.0 Å². The summed E-state index contributed by atoms with van der Waals surface area (Å²) in [4.78, 5) is 23.9. The molecule has 1 aliphatic heterocycles. The Labute approximate surface area is 276 Å². The van der Waals surface area contributed by atoms with Gasteiger partial charge in [0.25, 0.3) is 9.84 Å². The number of carbonyl (C=O) groups is 1. The van der Waals surface area contributed by atoms with Crippen molar-refractivity contribution in [3.63, 3.8) is 0 Å². The van der Waals surface area contributed by atoms with E-state index in [2.05, 4.69) is 21.2 Å². The summed E-state index contributed by atoms with van der Waals surface area (Å²) in [6, 6.07) is 19.4. The van der Waals surface area contributed by atoms with Crippen LogP contribution in [0, 0.1) is 16.5 Å². The van der Waals surface area contributed by atoms with E-state index in [4.69, 9.17) is 14.7 Å². The predicted molar refractivity (Wildman–Crippen MR) is 171 cm³/mol. The molecule has 2 fully saturated rings. The van der Waals surface area contributed by atoms with E-state index in [0.717, 1.165) is 31.2 Å². The number of sulfone groups is 1. The van der Waals surface area contributed by atoms with E-state index in [0.29, 0.717) is 48.2 Å². The highest BCUT2D eigenvalue weighted by molar-refractivity contribution is 7.99. The van der Waals surface area contributed by atoms with Crippen LogP contribution in [0.2, 0.25) is 0 Å². The fourth-order valence-corrected chi connectivity index (χ4v) is 7.78. The lowest BCUT2D eigenvalue weighted by Gasteiger charge is -2.32. The van der Waals surface area contributed by atoms with Crippen LogP contribution in [0.4, 0.5) is 5.82 Å². The van der Waals surface area contributed by atoms with Crippen LogP contribution in [0.3, 0.4) is 0 Å². The minimum absolute atomic E-state index is 0.0727. The first-order valence-corrected chi connectivity index (χ1v) is 17.9. The maximum Gasteiger partial charge on any atom is 0.415 e. The van der Waals surface area contributed by atoms with E-state index in [-0.39, 0.29) is 27.5 Å². The Morgan fingerprint density at radius 3 is 2.40 bits per heavy atom. The first-order chi connectivity index (χ1) is 22.8. The first-order valence-electron chi connectivity index (χ1n) is 15.4. The number of piperidine rings is 1. The lowest BCUT2D eigenvalue weighted by molar-refractivity contribution is -0.832. The Hall–Kier alpha value is -4.68. The highest BCUT2D eigenvalue weighted by Crippen LogP contribution is 2.33. The van der Waals surface area contributed by atoms with Crippen molar-refractivity contribution >= 4 is 33.3 Å². The van der Waals surface area contributed by atoms with Gasteiger partial charge in [0.1, 0.15) is 17.7 Å². The van der Waals surface area contributed by atoms with E-state index in [1.807, 2.05) is 35.2 Å². The van der Waals surface area contributed by atoms with Crippen molar-refractivity contribution in [2.75, 3.05) is 23.7 Å². The van der Waals surface area contributed by atoms with Crippen molar-refractivity contribution in [2.45, 2.75) is 72.2 Å². The minimum atomic E-state index is -4.25. The number of thioether (sulfide) groups is 1. The van der Waals surface area contributed by atoms with Crippen LogP contribution in [-0.4, -0.2) is 60.4 Å². The smallest absolute Gasteiger partial charge is 0.415 e. The monoisotopic (exact) mass is 675 g/mol. The number of nitrogens with one attached hydrogen (secondary N) is 1. The van der Waals surface area contributed by atoms with Crippen molar-refractivity contribution < 1.29 is 27.5 Å². The third-order valence-electron chi connectivity index (χ3n) is 8.21. The maximum atomic E-state index is 13.2. The second kappa shape index (κ2) is 14.4. The number of amides is 1. The van der Waals surface area contributed by atoms with Gasteiger partial charge in [-0.3, -0.25) is 9.42 Å². The molecule has 0 atom stereocenters. The molecule has 13 nitrogen and oxygen atoms in total.